The molecule has 1 aromatic rings. The predicted octanol–water partition coefficient (Wildman–Crippen LogP) is 0.00642. The molecule has 2 fully saturated rings. The maximum absolute atomic E-state index is 12.6. The number of anilines is 1. The summed E-state index contributed by atoms with van der Waals surface area (Å²) in [6, 6.07) is 8.15. The van der Waals surface area contributed by atoms with E-state index in [0.717, 1.165) is 12.1 Å². The third-order valence-corrected chi connectivity index (χ3v) is 6.65. The summed E-state index contributed by atoms with van der Waals surface area (Å²) < 4.78 is 26.6. The molecule has 0 aromatic heterocycles. The van der Waals surface area contributed by atoms with Gasteiger partial charge in [-0.2, -0.15) is 4.31 Å². The van der Waals surface area contributed by atoms with Crippen LogP contribution >= 0.6 is 0 Å². The number of piperazine rings is 1. The molecule has 0 spiro atoms. The van der Waals surface area contributed by atoms with E-state index >= 15 is 0 Å². The fourth-order valence-corrected chi connectivity index (χ4v) is 4.80. The van der Waals surface area contributed by atoms with Gasteiger partial charge in [-0.25, -0.2) is 8.42 Å². The number of sulfonamides is 1. The molecule has 2 N–H and O–H groups in total. The first-order valence-electron chi connectivity index (χ1n) is 8.68. The van der Waals surface area contributed by atoms with Crippen molar-refractivity contribution >= 4 is 21.6 Å². The van der Waals surface area contributed by atoms with Crippen molar-refractivity contribution in [2.75, 3.05) is 49.9 Å². The Labute approximate surface area is 149 Å². The van der Waals surface area contributed by atoms with E-state index in [1.165, 1.54) is 9.87 Å². The number of carbonyl (C=O) groups excluding carboxylic acids is 1. The van der Waals surface area contributed by atoms with Gasteiger partial charge in [0.05, 0.1) is 0 Å². The van der Waals surface area contributed by atoms with Crippen LogP contribution in [0.5, 0.6) is 0 Å². The number of aryl methyl sites for hydroxylation is 1. The molecule has 0 bridgehead atoms. The standard InChI is InChI=1S/C17H26N4O3S/c1-14-3-2-4-16(11-14)19-7-9-21(10-8-19)25(23,24)13-17(22)20-6-5-15(18)12-20/h2-4,11,15H,5-10,12-13,18H2,1H3/t15-/m1/s1. The quantitative estimate of drug-likeness (QED) is 0.811. The maximum Gasteiger partial charge on any atom is 0.239 e. The van der Waals surface area contributed by atoms with Crippen LogP contribution in [0.3, 0.4) is 0 Å². The molecule has 7 nitrogen and oxygen atoms in total. The van der Waals surface area contributed by atoms with Crippen LogP contribution < -0.4 is 10.6 Å². The monoisotopic (exact) mass is 366 g/mol. The van der Waals surface area contributed by atoms with Crippen LogP contribution in [0.15, 0.2) is 24.3 Å². The normalized spacial score (nSPS) is 22.4. The smallest absolute Gasteiger partial charge is 0.239 e. The van der Waals surface area contributed by atoms with Gasteiger partial charge in [-0.15, -0.1) is 0 Å². The zero-order chi connectivity index (χ0) is 18.0. The van der Waals surface area contributed by atoms with Crippen molar-refractivity contribution in [2.24, 2.45) is 5.73 Å². The van der Waals surface area contributed by atoms with E-state index in [4.69, 9.17) is 5.73 Å². The number of carbonyl (C=O) groups is 1. The number of hydrogen-bond donors (Lipinski definition) is 1. The largest absolute Gasteiger partial charge is 0.369 e. The first kappa shape index (κ1) is 18.2. The van der Waals surface area contributed by atoms with E-state index in [-0.39, 0.29) is 11.9 Å². The topological polar surface area (TPSA) is 87.0 Å². The molecule has 138 valence electrons. The van der Waals surface area contributed by atoms with Gasteiger partial charge in [-0.1, -0.05) is 12.1 Å². The number of nitrogens with two attached hydrogens (primary N) is 1. The Morgan fingerprint density at radius 1 is 1.20 bits per heavy atom. The summed E-state index contributed by atoms with van der Waals surface area (Å²) in [6.07, 6.45) is 0.737. The summed E-state index contributed by atoms with van der Waals surface area (Å²) >= 11 is 0. The van der Waals surface area contributed by atoms with Crippen LogP contribution in [-0.2, 0) is 14.8 Å². The molecular weight excluding hydrogens is 340 g/mol. The lowest BCUT2D eigenvalue weighted by molar-refractivity contribution is -0.127. The van der Waals surface area contributed by atoms with Crippen molar-refractivity contribution in [3.8, 4) is 0 Å². The number of rotatable bonds is 4. The summed E-state index contributed by atoms with van der Waals surface area (Å²) in [5, 5.41) is 0. The molecule has 1 amide bonds. The molecule has 0 aliphatic carbocycles. The maximum atomic E-state index is 12.6. The second-order valence-corrected chi connectivity index (χ2v) is 8.84. The highest BCUT2D eigenvalue weighted by atomic mass is 32.2. The van der Waals surface area contributed by atoms with Gasteiger partial charge in [-0.05, 0) is 31.0 Å². The molecule has 1 atom stereocenters. The lowest BCUT2D eigenvalue weighted by atomic mass is 10.2. The Kier molecular flexibility index (Phi) is 5.31. The Morgan fingerprint density at radius 2 is 1.92 bits per heavy atom. The Hall–Kier alpha value is -1.64. The van der Waals surface area contributed by atoms with Gasteiger partial charge in [-0.3, -0.25) is 4.79 Å². The molecule has 1 aromatic carbocycles. The number of nitrogens with zero attached hydrogens (tertiary/aromatic N) is 3. The van der Waals surface area contributed by atoms with Gasteiger partial charge in [0.25, 0.3) is 0 Å². The van der Waals surface area contributed by atoms with Crippen molar-refractivity contribution in [2.45, 2.75) is 19.4 Å². The average molecular weight is 366 g/mol. The molecule has 3 rings (SSSR count). The Morgan fingerprint density at radius 3 is 2.52 bits per heavy atom. The Bertz CT molecular complexity index is 729. The summed E-state index contributed by atoms with van der Waals surface area (Å²) in [5.41, 5.74) is 8.08. The van der Waals surface area contributed by atoms with Crippen molar-refractivity contribution in [3.63, 3.8) is 0 Å². The SMILES string of the molecule is Cc1cccc(N2CCN(S(=O)(=O)CC(=O)N3CC[C@@H](N)C3)CC2)c1. The molecule has 2 aliphatic heterocycles. The lowest BCUT2D eigenvalue weighted by Crippen LogP contribution is -2.51. The molecule has 8 heteroatoms. The first-order chi connectivity index (χ1) is 11.8. The molecule has 0 unspecified atom stereocenters. The third-order valence-electron chi connectivity index (χ3n) is 4.88. The molecule has 0 radical (unpaired) electrons. The first-order valence-corrected chi connectivity index (χ1v) is 10.3. The van der Waals surface area contributed by atoms with Gasteiger partial charge in [0.2, 0.25) is 15.9 Å². The second kappa shape index (κ2) is 7.31. The van der Waals surface area contributed by atoms with Crippen LogP contribution in [-0.4, -0.2) is 74.6 Å². The molecule has 25 heavy (non-hydrogen) atoms. The number of benzene rings is 1. The van der Waals surface area contributed by atoms with E-state index in [2.05, 4.69) is 11.0 Å². The van der Waals surface area contributed by atoms with E-state index < -0.39 is 15.8 Å². The zero-order valence-electron chi connectivity index (χ0n) is 14.6. The van der Waals surface area contributed by atoms with Crippen molar-refractivity contribution in [1.82, 2.24) is 9.21 Å². The Balaban J connectivity index is 1.57. The van der Waals surface area contributed by atoms with Crippen molar-refractivity contribution < 1.29 is 13.2 Å². The highest BCUT2D eigenvalue weighted by Crippen LogP contribution is 2.19. The lowest BCUT2D eigenvalue weighted by Gasteiger charge is -2.35. The summed E-state index contributed by atoms with van der Waals surface area (Å²) in [5.74, 6) is -0.793. The molecule has 2 heterocycles. The second-order valence-electron chi connectivity index (χ2n) is 6.87. The average Bonchev–Trinajstić information content (AvgIpc) is 3.01. The van der Waals surface area contributed by atoms with Gasteiger partial charge >= 0.3 is 0 Å². The number of hydrogen-bond acceptors (Lipinski definition) is 5. The predicted molar refractivity (Wildman–Crippen MR) is 97.9 cm³/mol. The van der Waals surface area contributed by atoms with Crippen LogP contribution in [0.2, 0.25) is 0 Å². The number of likely N-dealkylation sites (tertiary alicyclic amines) is 1. The summed E-state index contributed by atoms with van der Waals surface area (Å²) in [7, 11) is -3.58. The van der Waals surface area contributed by atoms with Gasteiger partial charge < -0.3 is 15.5 Å². The van der Waals surface area contributed by atoms with Gasteiger partial charge in [0.1, 0.15) is 5.75 Å². The fourth-order valence-electron chi connectivity index (χ4n) is 3.40. The van der Waals surface area contributed by atoms with Crippen molar-refractivity contribution in [1.29, 1.82) is 0 Å². The number of amides is 1. The molecular formula is C17H26N4O3S. The molecule has 2 aliphatic rings. The van der Waals surface area contributed by atoms with Gasteiger partial charge in [0, 0.05) is 51.0 Å². The third kappa shape index (κ3) is 4.31. The zero-order valence-corrected chi connectivity index (χ0v) is 15.4. The fraction of sp³-hybridized carbons (Fsp3) is 0.588. The van der Waals surface area contributed by atoms with E-state index in [0.29, 0.717) is 39.3 Å². The van der Waals surface area contributed by atoms with E-state index in [9.17, 15) is 13.2 Å². The highest BCUT2D eigenvalue weighted by molar-refractivity contribution is 7.89. The molecule has 0 saturated carbocycles. The van der Waals surface area contributed by atoms with E-state index in [1.807, 2.05) is 25.1 Å². The van der Waals surface area contributed by atoms with E-state index in [1.54, 1.807) is 4.90 Å². The highest BCUT2D eigenvalue weighted by Gasteiger charge is 2.32. The van der Waals surface area contributed by atoms with Crippen LogP contribution in [0.1, 0.15) is 12.0 Å². The molecule has 2 saturated heterocycles. The van der Waals surface area contributed by atoms with Gasteiger partial charge in [0.15, 0.2) is 0 Å². The minimum Gasteiger partial charge on any atom is -0.369 e. The summed E-state index contributed by atoms with van der Waals surface area (Å²) in [4.78, 5) is 16.0. The van der Waals surface area contributed by atoms with Crippen LogP contribution in [0.25, 0.3) is 0 Å². The van der Waals surface area contributed by atoms with Crippen LogP contribution in [0.4, 0.5) is 5.69 Å². The van der Waals surface area contributed by atoms with Crippen molar-refractivity contribution in [3.05, 3.63) is 29.8 Å². The summed E-state index contributed by atoms with van der Waals surface area (Å²) in [6.45, 7) is 5.12. The minimum absolute atomic E-state index is 0.0375. The van der Waals surface area contributed by atoms with Crippen LogP contribution in [0, 0.1) is 6.92 Å². The minimum atomic E-state index is -3.58.